The highest BCUT2D eigenvalue weighted by molar-refractivity contribution is 5.79. The molecule has 0 aliphatic carbocycles. The van der Waals surface area contributed by atoms with Crippen LogP contribution in [-0.2, 0) is 23.9 Å². The summed E-state index contributed by atoms with van der Waals surface area (Å²) < 4.78 is 9.04. The molecule has 0 saturated heterocycles. The maximum Gasteiger partial charge on any atom is 0.326 e. The summed E-state index contributed by atoms with van der Waals surface area (Å²) in [5.41, 5.74) is 15.6. The topological polar surface area (TPSA) is 188 Å². The zero-order valence-electron chi connectivity index (χ0n) is 10.0. The van der Waals surface area contributed by atoms with Gasteiger partial charge in [-0.25, -0.2) is 0 Å². The molecule has 8 N–H and O–H groups in total. The molecule has 0 spiro atoms. The molecule has 0 aromatic heterocycles. The van der Waals surface area contributed by atoms with Gasteiger partial charge in [0.15, 0.2) is 0 Å². The first-order valence-corrected chi connectivity index (χ1v) is 5.23. The first kappa shape index (κ1) is 17.2. The van der Waals surface area contributed by atoms with Crippen LogP contribution in [0.2, 0.25) is 0 Å². The van der Waals surface area contributed by atoms with Crippen LogP contribution in [0.4, 0.5) is 0 Å². The van der Waals surface area contributed by atoms with Gasteiger partial charge in [0, 0.05) is 0 Å². The molecule has 10 nitrogen and oxygen atoms in total. The fraction of sp³-hybridized carbons (Fsp3) is 0.667. The number of hydrogen-bond donors (Lipinski definition) is 5. The number of aliphatic carboxylic acids is 1. The molecule has 0 aromatic carbocycles. The van der Waals surface area contributed by atoms with Crippen molar-refractivity contribution in [1.29, 1.82) is 0 Å². The van der Waals surface area contributed by atoms with Gasteiger partial charge in [0.2, 0.25) is 0 Å². The Morgan fingerprint density at radius 3 is 1.74 bits per heavy atom. The first-order chi connectivity index (χ1) is 8.79. The van der Waals surface area contributed by atoms with Crippen LogP contribution >= 0.6 is 0 Å². The zero-order valence-corrected chi connectivity index (χ0v) is 10.0. The lowest BCUT2D eigenvalue weighted by Crippen LogP contribution is -2.43. The standard InChI is InChI=1S/C9H17N3O7/c10-4(1-13)8(16)19-3-6(12)9(17)18-2-5(11)7(14)15/h4-6,13H,1-3,10-12H2,(H,14,15)/t4-,5-,6-/m0/s1. The lowest BCUT2D eigenvalue weighted by molar-refractivity contribution is -0.153. The van der Waals surface area contributed by atoms with Crippen molar-refractivity contribution in [3.05, 3.63) is 0 Å². The van der Waals surface area contributed by atoms with Crippen molar-refractivity contribution in [2.75, 3.05) is 19.8 Å². The predicted molar refractivity (Wildman–Crippen MR) is 60.6 cm³/mol. The van der Waals surface area contributed by atoms with Crippen LogP contribution in [0.3, 0.4) is 0 Å². The number of carbonyl (C=O) groups is 3. The second kappa shape index (κ2) is 8.37. The summed E-state index contributed by atoms with van der Waals surface area (Å²) in [4.78, 5) is 32.6. The van der Waals surface area contributed by atoms with Crippen molar-refractivity contribution in [2.24, 2.45) is 17.2 Å². The minimum Gasteiger partial charge on any atom is -0.480 e. The molecule has 0 bridgehead atoms. The number of carboxylic acid groups (broad SMARTS) is 1. The molecule has 0 aromatic rings. The normalized spacial score (nSPS) is 15.2. The van der Waals surface area contributed by atoms with Gasteiger partial charge in [-0.3, -0.25) is 14.4 Å². The summed E-state index contributed by atoms with van der Waals surface area (Å²) in [6.45, 7) is -1.66. The van der Waals surface area contributed by atoms with Gasteiger partial charge in [-0.05, 0) is 0 Å². The van der Waals surface area contributed by atoms with Crippen LogP contribution in [0.15, 0.2) is 0 Å². The third-order valence-corrected chi connectivity index (χ3v) is 1.93. The van der Waals surface area contributed by atoms with Crippen molar-refractivity contribution in [3.63, 3.8) is 0 Å². The maximum atomic E-state index is 11.3. The average molecular weight is 279 g/mol. The molecule has 10 heteroatoms. The highest BCUT2D eigenvalue weighted by atomic mass is 16.6. The second-order valence-corrected chi connectivity index (χ2v) is 3.60. The fourth-order valence-corrected chi connectivity index (χ4v) is 0.772. The van der Waals surface area contributed by atoms with Crippen molar-refractivity contribution in [3.8, 4) is 0 Å². The molecular formula is C9H17N3O7. The quantitative estimate of drug-likeness (QED) is 0.275. The van der Waals surface area contributed by atoms with Gasteiger partial charge in [0.05, 0.1) is 6.61 Å². The molecule has 0 fully saturated rings. The monoisotopic (exact) mass is 279 g/mol. The van der Waals surface area contributed by atoms with E-state index in [1.165, 1.54) is 0 Å². The second-order valence-electron chi connectivity index (χ2n) is 3.60. The predicted octanol–water partition coefficient (Wildman–Crippen LogP) is -3.87. The Morgan fingerprint density at radius 2 is 1.32 bits per heavy atom. The van der Waals surface area contributed by atoms with E-state index in [1.807, 2.05) is 0 Å². The van der Waals surface area contributed by atoms with Gasteiger partial charge in [0.1, 0.15) is 31.3 Å². The summed E-state index contributed by atoms with van der Waals surface area (Å²) in [7, 11) is 0. The third kappa shape index (κ3) is 6.67. The van der Waals surface area contributed by atoms with Gasteiger partial charge in [0.25, 0.3) is 0 Å². The maximum absolute atomic E-state index is 11.3. The number of hydrogen-bond acceptors (Lipinski definition) is 9. The Kier molecular flexibility index (Phi) is 7.60. The smallest absolute Gasteiger partial charge is 0.326 e. The van der Waals surface area contributed by atoms with E-state index in [1.54, 1.807) is 0 Å². The van der Waals surface area contributed by atoms with Crippen LogP contribution in [0.1, 0.15) is 0 Å². The van der Waals surface area contributed by atoms with E-state index in [4.69, 9.17) is 27.4 Å². The Labute approximate surface area is 108 Å². The Morgan fingerprint density at radius 1 is 0.895 bits per heavy atom. The zero-order chi connectivity index (χ0) is 15.0. The molecule has 19 heavy (non-hydrogen) atoms. The summed E-state index contributed by atoms with van der Waals surface area (Å²) in [6, 6.07) is -3.87. The van der Waals surface area contributed by atoms with Gasteiger partial charge in [-0.2, -0.15) is 0 Å². The Balaban J connectivity index is 4.01. The lowest BCUT2D eigenvalue weighted by Gasteiger charge is -2.14. The first-order valence-electron chi connectivity index (χ1n) is 5.23. The van der Waals surface area contributed by atoms with E-state index in [-0.39, 0.29) is 0 Å². The van der Waals surface area contributed by atoms with Crippen LogP contribution in [0, 0.1) is 0 Å². The molecule has 0 rings (SSSR count). The molecule has 0 unspecified atom stereocenters. The van der Waals surface area contributed by atoms with Crippen LogP contribution in [-0.4, -0.2) is 66.1 Å². The van der Waals surface area contributed by atoms with Gasteiger partial charge < -0.3 is 36.9 Å². The largest absolute Gasteiger partial charge is 0.480 e. The Hall–Kier alpha value is -1.75. The van der Waals surface area contributed by atoms with E-state index in [0.29, 0.717) is 0 Å². The average Bonchev–Trinajstić information content (AvgIpc) is 2.39. The minimum atomic E-state index is -1.36. The van der Waals surface area contributed by atoms with Crippen molar-refractivity contribution < 1.29 is 34.1 Å². The van der Waals surface area contributed by atoms with E-state index in [9.17, 15) is 14.4 Å². The summed E-state index contributed by atoms with van der Waals surface area (Å²) >= 11 is 0. The fourth-order valence-electron chi connectivity index (χ4n) is 0.772. The Bertz CT molecular complexity index is 336. The van der Waals surface area contributed by atoms with E-state index < -0.39 is 55.9 Å². The SMILES string of the molecule is N[C@@H](COC(=O)[C@@H](N)COC(=O)[C@@H](N)CO)C(=O)O. The van der Waals surface area contributed by atoms with E-state index >= 15 is 0 Å². The lowest BCUT2D eigenvalue weighted by atomic mass is 10.3. The van der Waals surface area contributed by atoms with Crippen LogP contribution in [0.25, 0.3) is 0 Å². The van der Waals surface area contributed by atoms with Crippen molar-refractivity contribution >= 4 is 17.9 Å². The van der Waals surface area contributed by atoms with Crippen molar-refractivity contribution in [2.45, 2.75) is 18.1 Å². The molecule has 0 amide bonds. The van der Waals surface area contributed by atoms with Gasteiger partial charge in [-0.1, -0.05) is 0 Å². The molecule has 0 aliphatic rings. The number of carbonyl (C=O) groups excluding carboxylic acids is 2. The van der Waals surface area contributed by atoms with Gasteiger partial charge >= 0.3 is 17.9 Å². The minimum absolute atomic E-state index is 0.506. The summed E-state index contributed by atoms with van der Waals surface area (Å²) in [5.74, 6) is -3.23. The van der Waals surface area contributed by atoms with Gasteiger partial charge in [-0.15, -0.1) is 0 Å². The summed E-state index contributed by atoms with van der Waals surface area (Å²) in [5, 5.41) is 17.0. The molecule has 0 aliphatic heterocycles. The third-order valence-electron chi connectivity index (χ3n) is 1.93. The van der Waals surface area contributed by atoms with Crippen LogP contribution in [0.5, 0.6) is 0 Å². The molecule has 0 saturated carbocycles. The number of carboxylic acids is 1. The highest BCUT2D eigenvalue weighted by Gasteiger charge is 2.22. The number of aliphatic hydroxyl groups excluding tert-OH is 1. The number of nitrogens with two attached hydrogens (primary N) is 3. The van der Waals surface area contributed by atoms with E-state index in [0.717, 1.165) is 0 Å². The number of esters is 2. The number of rotatable bonds is 8. The molecule has 110 valence electrons. The number of ether oxygens (including phenoxy) is 2. The number of aliphatic hydroxyl groups is 1. The van der Waals surface area contributed by atoms with Crippen LogP contribution < -0.4 is 17.2 Å². The molecule has 0 radical (unpaired) electrons. The molecule has 0 heterocycles. The summed E-state index contributed by atoms with van der Waals surface area (Å²) in [6.07, 6.45) is 0. The molecule has 3 atom stereocenters. The van der Waals surface area contributed by atoms with Crippen molar-refractivity contribution in [1.82, 2.24) is 0 Å². The highest BCUT2D eigenvalue weighted by Crippen LogP contribution is 1.92. The van der Waals surface area contributed by atoms with E-state index in [2.05, 4.69) is 9.47 Å². The molecular weight excluding hydrogens is 262 g/mol.